The summed E-state index contributed by atoms with van der Waals surface area (Å²) >= 11 is 0. The molecule has 0 amide bonds. The van der Waals surface area contributed by atoms with Crippen molar-refractivity contribution in [2.75, 3.05) is 34.2 Å². The van der Waals surface area contributed by atoms with Crippen molar-refractivity contribution in [1.82, 2.24) is 14.5 Å². The number of nitrogens with two attached hydrogens (primary N) is 1. The number of nitrogens with one attached hydrogen (secondary N) is 1. The fourth-order valence-corrected chi connectivity index (χ4v) is 4.67. The molecule has 0 bridgehead atoms. The first-order chi connectivity index (χ1) is 19.9. The number of ether oxygens (including phenoxy) is 5. The van der Waals surface area contributed by atoms with Crippen LogP contribution >= 0.6 is 24.8 Å². The number of nitrogen functional groups attached to an aromatic ring is 1. The number of fused-ring (bicyclic) bond motifs is 1. The Labute approximate surface area is 259 Å². The molecule has 0 aliphatic rings. The Morgan fingerprint density at radius 2 is 1.58 bits per heavy atom. The summed E-state index contributed by atoms with van der Waals surface area (Å²) in [4.78, 5) is 34.6. The Morgan fingerprint density at radius 1 is 0.907 bits per heavy atom. The van der Waals surface area contributed by atoms with Gasteiger partial charge in [0.1, 0.15) is 18.1 Å². The molecule has 13 heteroatoms. The molecular weight excluding hydrogens is 599 g/mol. The summed E-state index contributed by atoms with van der Waals surface area (Å²) in [5.74, 6) is 0.856. The Morgan fingerprint density at radius 3 is 2.14 bits per heavy atom. The van der Waals surface area contributed by atoms with Gasteiger partial charge in [0.2, 0.25) is 5.75 Å². The van der Waals surface area contributed by atoms with Crippen molar-refractivity contribution in [3.63, 3.8) is 0 Å². The number of nitrogens with zero attached hydrogens (tertiary/aromatic N) is 2. The van der Waals surface area contributed by atoms with E-state index in [-0.39, 0.29) is 37.1 Å². The van der Waals surface area contributed by atoms with Crippen LogP contribution in [-0.4, -0.2) is 48.9 Å². The summed E-state index contributed by atoms with van der Waals surface area (Å²) in [5, 5.41) is 0.797. The van der Waals surface area contributed by atoms with Crippen molar-refractivity contribution >= 4 is 47.2 Å². The summed E-state index contributed by atoms with van der Waals surface area (Å²) in [6.07, 6.45) is 3.21. The molecule has 2 heterocycles. The molecule has 0 radical (unpaired) electrons. The lowest BCUT2D eigenvalue weighted by molar-refractivity contribution is 0.0591. The van der Waals surface area contributed by atoms with Crippen LogP contribution in [0.4, 0.5) is 5.69 Å². The molecule has 0 spiro atoms. The highest BCUT2D eigenvalue weighted by atomic mass is 35.5. The number of halogens is 2. The van der Waals surface area contributed by atoms with Crippen LogP contribution in [0.1, 0.15) is 16.2 Å². The molecule has 0 saturated carbocycles. The van der Waals surface area contributed by atoms with Gasteiger partial charge in [0, 0.05) is 16.9 Å². The van der Waals surface area contributed by atoms with E-state index in [4.69, 9.17) is 29.4 Å². The van der Waals surface area contributed by atoms with Crippen LogP contribution in [0, 0.1) is 0 Å². The van der Waals surface area contributed by atoms with E-state index in [0.29, 0.717) is 56.3 Å². The topological polar surface area (TPSA) is 140 Å². The number of anilines is 1. The zero-order valence-electron chi connectivity index (χ0n) is 23.7. The number of methoxy groups -OCH3 is 4. The molecule has 2 aromatic heterocycles. The van der Waals surface area contributed by atoms with Crippen LogP contribution in [0.3, 0.4) is 0 Å². The number of carbonyl (C=O) groups is 1. The molecule has 3 aromatic carbocycles. The Hall–Kier alpha value is -4.87. The van der Waals surface area contributed by atoms with Crippen LogP contribution in [0.2, 0.25) is 0 Å². The number of aromatic amines is 1. The minimum Gasteiger partial charge on any atom is -0.493 e. The summed E-state index contributed by atoms with van der Waals surface area (Å²) in [6, 6.07) is 15.1. The number of H-pyrrole nitrogens is 1. The fourth-order valence-electron chi connectivity index (χ4n) is 4.67. The highest BCUT2D eigenvalue weighted by Gasteiger charge is 2.27. The lowest BCUT2D eigenvalue weighted by Gasteiger charge is -2.21. The molecule has 0 aliphatic heterocycles. The van der Waals surface area contributed by atoms with Crippen molar-refractivity contribution in [2.45, 2.75) is 6.61 Å². The van der Waals surface area contributed by atoms with Gasteiger partial charge in [-0.1, -0.05) is 0 Å². The van der Waals surface area contributed by atoms with Crippen molar-refractivity contribution in [2.24, 2.45) is 0 Å². The zero-order valence-corrected chi connectivity index (χ0v) is 25.3. The molecule has 0 fully saturated rings. The molecule has 0 unspecified atom stereocenters. The molecule has 5 aromatic rings. The number of pyridine rings is 1. The molecule has 226 valence electrons. The second-order valence-electron chi connectivity index (χ2n) is 8.93. The maximum Gasteiger partial charge on any atom is 0.355 e. The van der Waals surface area contributed by atoms with Gasteiger partial charge in [-0.25, -0.2) is 9.78 Å². The standard InChI is InChI=1S/C30H28N4O7.2ClH/c1-37-24-11-17(12-25(38-2)28(24)39-3)26-22-10-9-21(41-15-19-14-32-16-33-19)13-23(22)29(35)34(27(26)30(36)40-4)20-7-5-18(31)6-8-20;;/h5-14,16H,15,31H2,1-4H3,(H,32,33);2*1H. The van der Waals surface area contributed by atoms with Gasteiger partial charge < -0.3 is 34.4 Å². The average Bonchev–Trinajstić information content (AvgIpc) is 3.53. The number of carbonyl (C=O) groups excluding carboxylic acids is 1. The third-order valence-corrected chi connectivity index (χ3v) is 6.59. The maximum atomic E-state index is 14.2. The van der Waals surface area contributed by atoms with E-state index in [2.05, 4.69) is 9.97 Å². The zero-order chi connectivity index (χ0) is 29.1. The summed E-state index contributed by atoms with van der Waals surface area (Å²) in [5.41, 5.74) is 8.12. The number of hydrogen-bond donors (Lipinski definition) is 2. The predicted molar refractivity (Wildman–Crippen MR) is 168 cm³/mol. The molecular formula is C30H30Cl2N4O7. The first-order valence-electron chi connectivity index (χ1n) is 12.5. The number of benzene rings is 3. The Balaban J connectivity index is 0.00000253. The lowest BCUT2D eigenvalue weighted by atomic mass is 9.95. The van der Waals surface area contributed by atoms with Gasteiger partial charge in [0.15, 0.2) is 11.5 Å². The van der Waals surface area contributed by atoms with E-state index in [9.17, 15) is 9.59 Å². The highest BCUT2D eigenvalue weighted by molar-refractivity contribution is 6.08. The molecule has 3 N–H and O–H groups in total. The normalized spacial score (nSPS) is 10.3. The minimum absolute atomic E-state index is 0. The van der Waals surface area contributed by atoms with Gasteiger partial charge in [-0.2, -0.15) is 0 Å². The third kappa shape index (κ3) is 6.18. The summed E-state index contributed by atoms with van der Waals surface area (Å²) in [7, 11) is 5.76. The molecule has 5 rings (SSSR count). The number of rotatable bonds is 9. The number of esters is 1. The SMILES string of the molecule is COC(=O)c1c(-c2cc(OC)c(OC)c(OC)c2)c2ccc(OCc3cnc[nH]3)cc2c(=O)n1-c1ccc(N)cc1.Cl.Cl. The summed E-state index contributed by atoms with van der Waals surface area (Å²) in [6.45, 7) is 0.220. The van der Waals surface area contributed by atoms with Crippen LogP contribution < -0.4 is 30.2 Å². The van der Waals surface area contributed by atoms with Crippen LogP contribution in [0.25, 0.3) is 27.6 Å². The van der Waals surface area contributed by atoms with Crippen molar-refractivity contribution in [3.8, 4) is 39.8 Å². The van der Waals surface area contributed by atoms with Gasteiger partial charge in [0.25, 0.3) is 5.56 Å². The number of imidazole rings is 1. The monoisotopic (exact) mass is 628 g/mol. The largest absolute Gasteiger partial charge is 0.493 e. The Kier molecular flexibility index (Phi) is 10.5. The van der Waals surface area contributed by atoms with Crippen molar-refractivity contribution in [1.29, 1.82) is 0 Å². The van der Waals surface area contributed by atoms with Crippen LogP contribution in [0.15, 0.2) is 71.9 Å². The van der Waals surface area contributed by atoms with Crippen molar-refractivity contribution < 1.29 is 28.5 Å². The lowest BCUT2D eigenvalue weighted by Crippen LogP contribution is -2.27. The first kappa shape index (κ1) is 32.6. The summed E-state index contributed by atoms with van der Waals surface area (Å²) < 4.78 is 29.1. The number of hydrogen-bond acceptors (Lipinski definition) is 9. The van der Waals surface area contributed by atoms with E-state index in [1.807, 2.05) is 0 Å². The fraction of sp³-hybridized carbons (Fsp3) is 0.167. The molecule has 0 aliphatic carbocycles. The van der Waals surface area contributed by atoms with Crippen molar-refractivity contribution in [3.05, 3.63) is 88.9 Å². The quantitative estimate of drug-likeness (QED) is 0.166. The third-order valence-electron chi connectivity index (χ3n) is 6.59. The van der Waals surface area contributed by atoms with Gasteiger partial charge in [-0.15, -0.1) is 24.8 Å². The minimum atomic E-state index is -0.718. The highest BCUT2D eigenvalue weighted by Crippen LogP contribution is 2.44. The van der Waals surface area contributed by atoms with Crippen LogP contribution in [0.5, 0.6) is 23.0 Å². The smallest absolute Gasteiger partial charge is 0.355 e. The molecule has 11 nitrogen and oxygen atoms in total. The predicted octanol–water partition coefficient (Wildman–Crippen LogP) is 5.20. The van der Waals surface area contributed by atoms with E-state index >= 15 is 0 Å². The van der Waals surface area contributed by atoms with E-state index < -0.39 is 11.5 Å². The maximum absolute atomic E-state index is 14.2. The second kappa shape index (κ2) is 13.9. The van der Waals surface area contributed by atoms with Gasteiger partial charge in [-0.05, 0) is 65.5 Å². The molecule has 43 heavy (non-hydrogen) atoms. The van der Waals surface area contributed by atoms with E-state index in [1.165, 1.54) is 33.0 Å². The number of aromatic nitrogens is 3. The van der Waals surface area contributed by atoms with E-state index in [0.717, 1.165) is 5.69 Å². The second-order valence-corrected chi connectivity index (χ2v) is 8.93. The first-order valence-corrected chi connectivity index (χ1v) is 12.5. The van der Waals surface area contributed by atoms with Gasteiger partial charge in [-0.3, -0.25) is 9.36 Å². The van der Waals surface area contributed by atoms with Gasteiger partial charge in [0.05, 0.1) is 52.0 Å². The van der Waals surface area contributed by atoms with E-state index in [1.54, 1.807) is 67.1 Å². The van der Waals surface area contributed by atoms with Crippen LogP contribution in [-0.2, 0) is 11.3 Å². The Bertz CT molecular complexity index is 1760. The molecule has 0 saturated heterocycles. The molecule has 0 atom stereocenters. The average molecular weight is 629 g/mol. The van der Waals surface area contributed by atoms with Gasteiger partial charge >= 0.3 is 5.97 Å².